The smallest absolute Gasteiger partial charge is 0.162 e. The number of methoxy groups -OCH3 is 1. The molecule has 0 aliphatic carbocycles. The zero-order valence-corrected chi connectivity index (χ0v) is 12.2. The number of phenols is 1. The normalized spacial score (nSPS) is 10.6. The van der Waals surface area contributed by atoms with E-state index in [0.717, 1.165) is 11.3 Å². The summed E-state index contributed by atoms with van der Waals surface area (Å²) in [5.74, 6) is 0.491. The van der Waals surface area contributed by atoms with Crippen LogP contribution in [0.2, 0.25) is 5.02 Å². The molecule has 0 aliphatic rings. The monoisotopic (exact) mass is 292 g/mol. The van der Waals surface area contributed by atoms with Crippen molar-refractivity contribution in [3.63, 3.8) is 0 Å². The predicted molar refractivity (Wildman–Crippen MR) is 79.2 cm³/mol. The molecule has 20 heavy (non-hydrogen) atoms. The Morgan fingerprint density at radius 3 is 2.85 bits per heavy atom. The second kappa shape index (κ2) is 6.59. The molecular formula is C15H17ClN2O2. The van der Waals surface area contributed by atoms with Crippen LogP contribution in [0.5, 0.6) is 11.5 Å². The molecule has 1 aromatic carbocycles. The number of pyridine rings is 1. The molecule has 0 amide bonds. The molecule has 2 aromatic rings. The lowest BCUT2D eigenvalue weighted by atomic mass is 10.1. The van der Waals surface area contributed by atoms with Gasteiger partial charge in [0, 0.05) is 35.9 Å². The summed E-state index contributed by atoms with van der Waals surface area (Å²) in [6.07, 6.45) is 1.77. The Labute approximate surface area is 123 Å². The molecular weight excluding hydrogens is 276 g/mol. The van der Waals surface area contributed by atoms with Gasteiger partial charge in [-0.1, -0.05) is 17.7 Å². The Bertz CT molecular complexity index is 602. The summed E-state index contributed by atoms with van der Waals surface area (Å²) < 4.78 is 5.08. The van der Waals surface area contributed by atoms with Crippen molar-refractivity contribution in [1.82, 2.24) is 10.3 Å². The third kappa shape index (κ3) is 3.40. The van der Waals surface area contributed by atoms with Crippen molar-refractivity contribution >= 4 is 11.6 Å². The molecule has 1 heterocycles. The summed E-state index contributed by atoms with van der Waals surface area (Å²) in [4.78, 5) is 4.31. The van der Waals surface area contributed by atoms with Gasteiger partial charge in [-0.05, 0) is 24.6 Å². The third-order valence-corrected chi connectivity index (χ3v) is 3.28. The highest BCUT2D eigenvalue weighted by atomic mass is 35.5. The molecule has 0 radical (unpaired) electrons. The van der Waals surface area contributed by atoms with Crippen LogP contribution in [-0.4, -0.2) is 17.2 Å². The number of nitrogens with one attached hydrogen (secondary N) is 1. The van der Waals surface area contributed by atoms with Crippen LogP contribution >= 0.6 is 11.6 Å². The van der Waals surface area contributed by atoms with Gasteiger partial charge in [0.25, 0.3) is 0 Å². The molecule has 0 aliphatic heterocycles. The average molecular weight is 293 g/mol. The molecule has 0 fully saturated rings. The molecule has 1 aromatic heterocycles. The lowest BCUT2D eigenvalue weighted by Gasteiger charge is -2.11. The van der Waals surface area contributed by atoms with Gasteiger partial charge in [-0.15, -0.1) is 0 Å². The maximum atomic E-state index is 10.0. The van der Waals surface area contributed by atoms with Crippen molar-refractivity contribution in [2.75, 3.05) is 7.11 Å². The summed E-state index contributed by atoms with van der Waals surface area (Å²) in [7, 11) is 1.50. The van der Waals surface area contributed by atoms with E-state index in [1.165, 1.54) is 7.11 Å². The van der Waals surface area contributed by atoms with E-state index in [1.54, 1.807) is 18.3 Å². The van der Waals surface area contributed by atoms with Gasteiger partial charge in [-0.3, -0.25) is 4.98 Å². The van der Waals surface area contributed by atoms with Crippen LogP contribution < -0.4 is 10.1 Å². The second-order valence-electron chi connectivity index (χ2n) is 4.49. The van der Waals surface area contributed by atoms with Crippen molar-refractivity contribution < 1.29 is 9.84 Å². The fourth-order valence-corrected chi connectivity index (χ4v) is 2.17. The van der Waals surface area contributed by atoms with Crippen LogP contribution in [0.4, 0.5) is 0 Å². The lowest BCUT2D eigenvalue weighted by Crippen LogP contribution is -2.14. The van der Waals surface area contributed by atoms with Crippen molar-refractivity contribution in [1.29, 1.82) is 0 Å². The summed E-state index contributed by atoms with van der Waals surface area (Å²) in [5.41, 5.74) is 2.82. The van der Waals surface area contributed by atoms with Crippen LogP contribution in [0, 0.1) is 6.92 Å². The van der Waals surface area contributed by atoms with E-state index in [1.807, 2.05) is 19.1 Å². The number of hydrogen-bond donors (Lipinski definition) is 2. The van der Waals surface area contributed by atoms with Gasteiger partial charge >= 0.3 is 0 Å². The van der Waals surface area contributed by atoms with E-state index in [4.69, 9.17) is 16.3 Å². The number of rotatable bonds is 5. The van der Waals surface area contributed by atoms with Gasteiger partial charge in [0.05, 0.1) is 12.8 Å². The maximum Gasteiger partial charge on any atom is 0.162 e. The van der Waals surface area contributed by atoms with E-state index in [0.29, 0.717) is 29.4 Å². The quantitative estimate of drug-likeness (QED) is 0.889. The first kappa shape index (κ1) is 14.6. The number of halogens is 1. The second-order valence-corrected chi connectivity index (χ2v) is 4.92. The largest absolute Gasteiger partial charge is 0.504 e. The standard InChI is InChI=1S/C15H17ClN2O2/c1-10-4-3-5-18-13(10)9-17-8-11-6-12(16)7-14(20-2)15(11)19/h3-7,17,19H,8-9H2,1-2H3. The Balaban J connectivity index is 2.05. The highest BCUT2D eigenvalue weighted by molar-refractivity contribution is 6.30. The molecule has 0 saturated heterocycles. The van der Waals surface area contributed by atoms with Crippen LogP contribution in [0.15, 0.2) is 30.5 Å². The fourth-order valence-electron chi connectivity index (χ4n) is 1.94. The summed E-state index contributed by atoms with van der Waals surface area (Å²) in [6, 6.07) is 7.23. The van der Waals surface area contributed by atoms with Gasteiger partial charge in [-0.25, -0.2) is 0 Å². The average Bonchev–Trinajstić information content (AvgIpc) is 2.44. The Morgan fingerprint density at radius 2 is 2.15 bits per heavy atom. The molecule has 5 heteroatoms. The van der Waals surface area contributed by atoms with Crippen LogP contribution in [-0.2, 0) is 13.1 Å². The summed E-state index contributed by atoms with van der Waals surface area (Å²) in [5, 5.41) is 13.8. The van der Waals surface area contributed by atoms with Gasteiger partial charge < -0.3 is 15.2 Å². The molecule has 0 unspecified atom stereocenters. The summed E-state index contributed by atoms with van der Waals surface area (Å²) >= 11 is 5.99. The molecule has 4 nitrogen and oxygen atoms in total. The number of aromatic nitrogens is 1. The summed E-state index contributed by atoms with van der Waals surface area (Å²) in [6.45, 7) is 3.13. The SMILES string of the molecule is COc1cc(Cl)cc(CNCc2ncccc2C)c1O. The molecule has 2 rings (SSSR count). The topological polar surface area (TPSA) is 54.4 Å². The first-order valence-corrected chi connectivity index (χ1v) is 6.66. The number of hydrogen-bond acceptors (Lipinski definition) is 4. The minimum atomic E-state index is 0.113. The van der Waals surface area contributed by atoms with Crippen molar-refractivity contribution in [2.24, 2.45) is 0 Å². The molecule has 106 valence electrons. The van der Waals surface area contributed by atoms with Crippen molar-refractivity contribution in [3.05, 3.63) is 52.3 Å². The first-order chi connectivity index (χ1) is 9.61. The molecule has 0 saturated carbocycles. The Kier molecular flexibility index (Phi) is 4.82. The van der Waals surface area contributed by atoms with Crippen molar-refractivity contribution in [3.8, 4) is 11.5 Å². The highest BCUT2D eigenvalue weighted by Gasteiger charge is 2.10. The number of aryl methyl sites for hydroxylation is 1. The predicted octanol–water partition coefficient (Wildman–Crippen LogP) is 3.05. The van der Waals surface area contributed by atoms with Gasteiger partial charge in [0.15, 0.2) is 11.5 Å². The number of nitrogens with zero attached hydrogens (tertiary/aromatic N) is 1. The number of aromatic hydroxyl groups is 1. The highest BCUT2D eigenvalue weighted by Crippen LogP contribution is 2.33. The zero-order valence-electron chi connectivity index (χ0n) is 11.5. The van der Waals surface area contributed by atoms with E-state index in [2.05, 4.69) is 10.3 Å². The van der Waals surface area contributed by atoms with Crippen LogP contribution in [0.25, 0.3) is 0 Å². The zero-order chi connectivity index (χ0) is 14.5. The Morgan fingerprint density at radius 1 is 1.35 bits per heavy atom. The fraction of sp³-hybridized carbons (Fsp3) is 0.267. The van der Waals surface area contributed by atoms with Gasteiger partial charge in [-0.2, -0.15) is 0 Å². The maximum absolute atomic E-state index is 10.0. The van der Waals surface area contributed by atoms with Gasteiger partial charge in [0.2, 0.25) is 0 Å². The molecule has 2 N–H and O–H groups in total. The number of phenolic OH excluding ortho intramolecular Hbond substituents is 1. The minimum Gasteiger partial charge on any atom is -0.504 e. The van der Waals surface area contributed by atoms with Crippen LogP contribution in [0.1, 0.15) is 16.8 Å². The first-order valence-electron chi connectivity index (χ1n) is 6.28. The van der Waals surface area contributed by atoms with Gasteiger partial charge in [0.1, 0.15) is 0 Å². The van der Waals surface area contributed by atoms with Crippen LogP contribution in [0.3, 0.4) is 0 Å². The Hall–Kier alpha value is -1.78. The number of benzene rings is 1. The van der Waals surface area contributed by atoms with E-state index in [9.17, 15) is 5.11 Å². The van der Waals surface area contributed by atoms with E-state index < -0.39 is 0 Å². The van der Waals surface area contributed by atoms with Crippen molar-refractivity contribution in [2.45, 2.75) is 20.0 Å². The van der Waals surface area contributed by atoms with E-state index in [-0.39, 0.29) is 5.75 Å². The molecule has 0 bridgehead atoms. The molecule has 0 atom stereocenters. The molecule has 0 spiro atoms. The minimum absolute atomic E-state index is 0.113. The van der Waals surface area contributed by atoms with E-state index >= 15 is 0 Å². The number of ether oxygens (including phenoxy) is 1. The third-order valence-electron chi connectivity index (χ3n) is 3.06. The lowest BCUT2D eigenvalue weighted by molar-refractivity contribution is 0.369.